The molecule has 0 atom stereocenters. The number of piperazine rings is 1. The maximum Gasteiger partial charge on any atom is 0.163 e. The zero-order valence-electron chi connectivity index (χ0n) is 23.3. The number of Topliss-reactive ketones (excluding diaryl/α,β-unsaturated/α-hetero) is 1. The quantitative estimate of drug-likeness (QED) is 0.355. The molecule has 3 fully saturated rings. The Morgan fingerprint density at radius 1 is 1.00 bits per heavy atom. The van der Waals surface area contributed by atoms with Crippen molar-refractivity contribution in [2.45, 2.75) is 91.9 Å². The van der Waals surface area contributed by atoms with Crippen LogP contribution in [0.15, 0.2) is 18.2 Å². The molecule has 1 aromatic carbocycles. The van der Waals surface area contributed by atoms with Crippen LogP contribution in [-0.2, 0) is 0 Å². The molecule has 0 bridgehead atoms. The number of hydrogen-bond donors (Lipinski definition) is 2. The number of nitrogen functional groups attached to an aromatic ring is 1. The first kappa shape index (κ1) is 33.4. The Morgan fingerprint density at radius 2 is 1.63 bits per heavy atom. The Kier molecular flexibility index (Phi) is 19.6. The van der Waals surface area contributed by atoms with Crippen LogP contribution in [0.2, 0.25) is 0 Å². The molecule has 5 N–H and O–H groups in total. The van der Waals surface area contributed by atoms with Gasteiger partial charge in [-0.3, -0.25) is 4.79 Å². The molecular formula is C29H55N3O3. The Hall–Kier alpha value is -1.63. The molecule has 1 saturated heterocycles. The van der Waals surface area contributed by atoms with E-state index in [1.807, 2.05) is 27.7 Å². The molecule has 35 heavy (non-hydrogen) atoms. The van der Waals surface area contributed by atoms with Gasteiger partial charge in [-0.1, -0.05) is 66.2 Å². The number of ketones is 1. The highest BCUT2D eigenvalue weighted by atomic mass is 16.5. The van der Waals surface area contributed by atoms with Gasteiger partial charge in [-0.15, -0.1) is 0 Å². The molecule has 6 nitrogen and oxygen atoms in total. The lowest BCUT2D eigenvalue weighted by atomic mass is 9.85. The molecule has 0 radical (unpaired) electrons. The number of nitrogens with two attached hydrogens (primary N) is 1. The van der Waals surface area contributed by atoms with Crippen LogP contribution in [0.25, 0.3) is 0 Å². The van der Waals surface area contributed by atoms with Crippen LogP contribution < -0.4 is 15.8 Å². The van der Waals surface area contributed by atoms with Gasteiger partial charge in [-0.2, -0.15) is 0 Å². The Bertz CT molecular complexity index is 653. The molecule has 0 spiro atoms. The molecule has 4 rings (SSSR count). The third kappa shape index (κ3) is 13.9. The summed E-state index contributed by atoms with van der Waals surface area (Å²) in [5.74, 6) is 2.69. The highest BCUT2D eigenvalue weighted by Gasteiger charge is 2.24. The lowest BCUT2D eigenvalue weighted by Crippen LogP contribution is -2.44. The van der Waals surface area contributed by atoms with Gasteiger partial charge in [0.25, 0.3) is 0 Å². The Balaban J connectivity index is 0.000000646. The molecule has 6 heteroatoms. The maximum atomic E-state index is 12.2. The minimum Gasteiger partial charge on any atom is -0.495 e. The minimum atomic E-state index is 0. The molecule has 1 heterocycles. The van der Waals surface area contributed by atoms with Crippen LogP contribution in [0.4, 0.5) is 5.69 Å². The van der Waals surface area contributed by atoms with E-state index in [1.54, 1.807) is 25.3 Å². The molecule has 2 saturated carbocycles. The van der Waals surface area contributed by atoms with Gasteiger partial charge in [-0.05, 0) is 49.3 Å². The van der Waals surface area contributed by atoms with Crippen molar-refractivity contribution in [2.75, 3.05) is 45.6 Å². The minimum absolute atomic E-state index is 0. The van der Waals surface area contributed by atoms with Crippen molar-refractivity contribution < 1.29 is 15.0 Å². The molecule has 0 aromatic heterocycles. The molecule has 204 valence electrons. The van der Waals surface area contributed by atoms with E-state index in [0.717, 1.165) is 18.3 Å². The van der Waals surface area contributed by atoms with Crippen LogP contribution in [0, 0.1) is 11.8 Å². The lowest BCUT2D eigenvalue weighted by molar-refractivity contribution is 0.0976. The summed E-state index contributed by atoms with van der Waals surface area (Å²) in [5.41, 5.74) is 7.04. The van der Waals surface area contributed by atoms with Gasteiger partial charge in [0.2, 0.25) is 0 Å². The molecular weight excluding hydrogens is 438 g/mol. The van der Waals surface area contributed by atoms with Crippen molar-refractivity contribution in [3.05, 3.63) is 23.8 Å². The van der Waals surface area contributed by atoms with Crippen molar-refractivity contribution in [3.63, 3.8) is 0 Å². The van der Waals surface area contributed by atoms with E-state index in [-0.39, 0.29) is 11.3 Å². The van der Waals surface area contributed by atoms with Crippen LogP contribution in [0.1, 0.15) is 102 Å². The number of anilines is 1. The highest BCUT2D eigenvalue weighted by Crippen LogP contribution is 2.30. The van der Waals surface area contributed by atoms with Gasteiger partial charge >= 0.3 is 0 Å². The average Bonchev–Trinajstić information content (AvgIpc) is 3.72. The summed E-state index contributed by atoms with van der Waals surface area (Å²) in [5, 5.41) is 3.37. The monoisotopic (exact) mass is 493 g/mol. The SMILES string of the molecule is C1CN(CC2CC2)CCN1.CC.CC.COc1cc(C(=O)CCCC2CCCCC2)ccc1N.O. The fraction of sp³-hybridized carbons (Fsp3) is 0.759. The van der Waals surface area contributed by atoms with Crippen LogP contribution in [0.5, 0.6) is 5.75 Å². The smallest absolute Gasteiger partial charge is 0.163 e. The standard InChI is InChI=1S/C17H25NO2.C8H16N2.2C2H6.H2O/c1-20-17-12-14(10-11-15(17)18)16(19)9-5-8-13-6-3-2-4-7-13;1-2-8(1)7-10-5-3-9-4-6-10;2*1-2;/h10-13H,2-9,18H2,1H3;8-9H,1-7H2;2*1-2H3;1H2. The summed E-state index contributed by atoms with van der Waals surface area (Å²) in [6.07, 6.45) is 12.6. The maximum absolute atomic E-state index is 12.2. The molecule has 0 amide bonds. The van der Waals surface area contributed by atoms with Gasteiger partial charge in [0, 0.05) is 44.7 Å². The number of nitrogens with zero attached hydrogens (tertiary/aromatic N) is 1. The second-order valence-corrected chi connectivity index (χ2v) is 9.27. The van der Waals surface area contributed by atoms with Gasteiger partial charge in [0.15, 0.2) is 5.78 Å². The van der Waals surface area contributed by atoms with Crippen LogP contribution >= 0.6 is 0 Å². The van der Waals surface area contributed by atoms with Crippen LogP contribution in [0.3, 0.4) is 0 Å². The normalized spacial score (nSPS) is 17.7. The largest absolute Gasteiger partial charge is 0.495 e. The van der Waals surface area contributed by atoms with Crippen LogP contribution in [-0.4, -0.2) is 56.0 Å². The van der Waals surface area contributed by atoms with Crippen molar-refractivity contribution in [2.24, 2.45) is 11.8 Å². The predicted molar refractivity (Wildman–Crippen MR) is 151 cm³/mol. The summed E-state index contributed by atoms with van der Waals surface area (Å²) >= 11 is 0. The predicted octanol–water partition coefficient (Wildman–Crippen LogP) is 5.74. The number of carbonyl (C=O) groups is 1. The lowest BCUT2D eigenvalue weighted by Gasteiger charge is -2.26. The summed E-state index contributed by atoms with van der Waals surface area (Å²) in [6.45, 7) is 14.3. The number of rotatable bonds is 8. The van der Waals surface area contributed by atoms with Crippen molar-refractivity contribution in [1.82, 2.24) is 10.2 Å². The molecule has 0 unspecified atom stereocenters. The van der Waals surface area contributed by atoms with Crippen molar-refractivity contribution in [3.8, 4) is 5.75 Å². The highest BCUT2D eigenvalue weighted by molar-refractivity contribution is 5.96. The second-order valence-electron chi connectivity index (χ2n) is 9.27. The Morgan fingerprint density at radius 3 is 2.20 bits per heavy atom. The van der Waals surface area contributed by atoms with E-state index in [9.17, 15) is 4.79 Å². The second kappa shape index (κ2) is 20.6. The zero-order chi connectivity index (χ0) is 25.2. The van der Waals surface area contributed by atoms with Gasteiger partial charge in [0.1, 0.15) is 5.75 Å². The van der Waals surface area contributed by atoms with E-state index in [4.69, 9.17) is 10.5 Å². The van der Waals surface area contributed by atoms with Gasteiger partial charge in [-0.25, -0.2) is 0 Å². The molecule has 1 aliphatic heterocycles. The van der Waals surface area contributed by atoms with E-state index in [0.29, 0.717) is 23.4 Å². The zero-order valence-corrected chi connectivity index (χ0v) is 23.3. The van der Waals surface area contributed by atoms with Gasteiger partial charge < -0.3 is 26.2 Å². The third-order valence-electron chi connectivity index (χ3n) is 6.72. The topological polar surface area (TPSA) is 99.1 Å². The van der Waals surface area contributed by atoms with E-state index >= 15 is 0 Å². The summed E-state index contributed by atoms with van der Waals surface area (Å²) in [4.78, 5) is 14.8. The fourth-order valence-electron chi connectivity index (χ4n) is 4.62. The van der Waals surface area contributed by atoms with E-state index < -0.39 is 0 Å². The van der Waals surface area contributed by atoms with Gasteiger partial charge in [0.05, 0.1) is 12.8 Å². The summed E-state index contributed by atoms with van der Waals surface area (Å²) in [7, 11) is 1.57. The summed E-state index contributed by atoms with van der Waals surface area (Å²) in [6, 6.07) is 5.28. The number of methoxy groups -OCH3 is 1. The van der Waals surface area contributed by atoms with E-state index in [2.05, 4.69) is 10.2 Å². The first-order valence-electron chi connectivity index (χ1n) is 14.1. The third-order valence-corrected chi connectivity index (χ3v) is 6.72. The molecule has 2 aliphatic carbocycles. The van der Waals surface area contributed by atoms with Crippen molar-refractivity contribution in [1.29, 1.82) is 0 Å². The number of benzene rings is 1. The number of hydrogen-bond acceptors (Lipinski definition) is 5. The Labute approximate surface area is 215 Å². The number of carbonyl (C=O) groups excluding carboxylic acids is 1. The van der Waals surface area contributed by atoms with Crippen molar-refractivity contribution >= 4 is 11.5 Å². The molecule has 3 aliphatic rings. The summed E-state index contributed by atoms with van der Waals surface area (Å²) < 4.78 is 5.16. The van der Waals surface area contributed by atoms with E-state index in [1.165, 1.54) is 84.1 Å². The number of nitrogens with one attached hydrogen (secondary N) is 1. The fourth-order valence-corrected chi connectivity index (χ4v) is 4.62. The first-order chi connectivity index (χ1) is 16.7. The first-order valence-corrected chi connectivity index (χ1v) is 14.1. The molecule has 1 aromatic rings. The number of ether oxygens (including phenoxy) is 1. The average molecular weight is 494 g/mol.